The van der Waals surface area contributed by atoms with Gasteiger partial charge in [-0.25, -0.2) is 0 Å². The van der Waals surface area contributed by atoms with Crippen LogP contribution in [-0.4, -0.2) is 0 Å². The summed E-state index contributed by atoms with van der Waals surface area (Å²) in [6.07, 6.45) is 20.9. The van der Waals surface area contributed by atoms with E-state index in [0.717, 1.165) is 11.8 Å². The van der Waals surface area contributed by atoms with Gasteiger partial charge in [-0.15, -0.1) is 0 Å². The largest absolute Gasteiger partial charge is 0.0654 e. The third-order valence-corrected chi connectivity index (χ3v) is 7.28. The molecule has 0 N–H and O–H groups in total. The van der Waals surface area contributed by atoms with Gasteiger partial charge in [0.05, 0.1) is 0 Å². The molecule has 29 heavy (non-hydrogen) atoms. The highest BCUT2D eigenvalue weighted by atomic mass is 14.3. The Bertz CT molecular complexity index is 705. The first-order valence-corrected chi connectivity index (χ1v) is 12.8. The highest BCUT2D eigenvalue weighted by Gasteiger charge is 2.22. The molecule has 0 bridgehead atoms. The summed E-state index contributed by atoms with van der Waals surface area (Å²) in [5, 5.41) is 2.88. The summed E-state index contributed by atoms with van der Waals surface area (Å²) in [4.78, 5) is 0. The number of aryl methyl sites for hydroxylation is 1. The van der Waals surface area contributed by atoms with Crippen LogP contribution in [-0.2, 0) is 6.42 Å². The molecule has 0 radical (unpaired) electrons. The van der Waals surface area contributed by atoms with E-state index in [2.05, 4.69) is 50.2 Å². The van der Waals surface area contributed by atoms with Crippen LogP contribution < -0.4 is 0 Å². The van der Waals surface area contributed by atoms with Crippen molar-refractivity contribution in [2.75, 3.05) is 0 Å². The summed E-state index contributed by atoms with van der Waals surface area (Å²) in [5.41, 5.74) is 3.11. The van der Waals surface area contributed by atoms with E-state index in [9.17, 15) is 0 Å². The number of benzene rings is 2. The lowest BCUT2D eigenvalue weighted by atomic mass is 9.77. The lowest BCUT2D eigenvalue weighted by Gasteiger charge is -2.29. The van der Waals surface area contributed by atoms with Crippen molar-refractivity contribution in [1.82, 2.24) is 0 Å². The lowest BCUT2D eigenvalue weighted by molar-refractivity contribution is 0.303. The van der Waals surface area contributed by atoms with Crippen LogP contribution in [0.2, 0.25) is 0 Å². The van der Waals surface area contributed by atoms with Crippen molar-refractivity contribution in [3.8, 4) is 0 Å². The van der Waals surface area contributed by atoms with Crippen LogP contribution in [0.3, 0.4) is 0 Å². The van der Waals surface area contributed by atoms with Crippen molar-refractivity contribution in [2.24, 2.45) is 5.92 Å². The van der Waals surface area contributed by atoms with Crippen molar-refractivity contribution in [1.29, 1.82) is 0 Å². The molecule has 1 saturated carbocycles. The molecule has 0 heteroatoms. The van der Waals surface area contributed by atoms with Gasteiger partial charge in [0.2, 0.25) is 0 Å². The Morgan fingerprint density at radius 3 is 2.10 bits per heavy atom. The van der Waals surface area contributed by atoms with Crippen molar-refractivity contribution in [3.63, 3.8) is 0 Å². The van der Waals surface area contributed by atoms with E-state index >= 15 is 0 Å². The molecule has 2 aromatic carbocycles. The molecule has 0 atom stereocenters. The monoisotopic (exact) mass is 392 g/mol. The molecule has 1 aliphatic rings. The summed E-state index contributed by atoms with van der Waals surface area (Å²) in [6.45, 7) is 4.61. The van der Waals surface area contributed by atoms with Gasteiger partial charge in [-0.05, 0) is 72.3 Å². The summed E-state index contributed by atoms with van der Waals surface area (Å²) in [7, 11) is 0. The van der Waals surface area contributed by atoms with Gasteiger partial charge >= 0.3 is 0 Å². The minimum absolute atomic E-state index is 0.796. The van der Waals surface area contributed by atoms with Gasteiger partial charge in [0.25, 0.3) is 0 Å². The summed E-state index contributed by atoms with van der Waals surface area (Å²) in [6, 6.07) is 14.5. The first kappa shape index (κ1) is 22.4. The van der Waals surface area contributed by atoms with E-state index in [1.54, 1.807) is 5.56 Å². The molecule has 0 unspecified atom stereocenters. The van der Waals surface area contributed by atoms with E-state index in [0.29, 0.717) is 0 Å². The smallest absolute Gasteiger partial charge is 0.0162 e. The van der Waals surface area contributed by atoms with Crippen LogP contribution in [0.1, 0.15) is 121 Å². The maximum atomic E-state index is 2.49. The summed E-state index contributed by atoms with van der Waals surface area (Å²) >= 11 is 0. The number of rotatable bonds is 12. The fourth-order valence-corrected chi connectivity index (χ4v) is 5.30. The van der Waals surface area contributed by atoms with E-state index in [-0.39, 0.29) is 0 Å². The number of hydrogen-bond acceptors (Lipinski definition) is 0. The molecule has 2 aromatic rings. The van der Waals surface area contributed by atoms with Gasteiger partial charge in [-0.1, -0.05) is 108 Å². The minimum atomic E-state index is 0.796. The third-order valence-electron chi connectivity index (χ3n) is 7.28. The van der Waals surface area contributed by atoms with Gasteiger partial charge in [-0.3, -0.25) is 0 Å². The van der Waals surface area contributed by atoms with Crippen LogP contribution in [0.25, 0.3) is 10.8 Å². The molecule has 1 fully saturated rings. The molecule has 0 spiro atoms. The molecular weight excluding hydrogens is 348 g/mol. The SMILES string of the molecule is CCCCCCCCc1ccc2cc([C@H]3CC[C@H](CCCCC)CC3)ccc2c1. The Morgan fingerprint density at radius 1 is 0.655 bits per heavy atom. The Hall–Kier alpha value is -1.30. The van der Waals surface area contributed by atoms with Crippen molar-refractivity contribution < 1.29 is 0 Å². The topological polar surface area (TPSA) is 0 Å². The van der Waals surface area contributed by atoms with Crippen LogP contribution in [0.15, 0.2) is 36.4 Å². The van der Waals surface area contributed by atoms with Crippen LogP contribution >= 0.6 is 0 Å². The van der Waals surface area contributed by atoms with E-state index in [1.165, 1.54) is 113 Å². The first-order valence-electron chi connectivity index (χ1n) is 12.8. The highest BCUT2D eigenvalue weighted by Crippen LogP contribution is 2.38. The second-order valence-electron chi connectivity index (χ2n) is 9.67. The van der Waals surface area contributed by atoms with Crippen molar-refractivity contribution >= 4 is 10.8 Å². The van der Waals surface area contributed by atoms with Gasteiger partial charge < -0.3 is 0 Å². The highest BCUT2D eigenvalue weighted by molar-refractivity contribution is 5.84. The molecule has 0 heterocycles. The number of hydrogen-bond donors (Lipinski definition) is 0. The number of unbranched alkanes of at least 4 members (excludes halogenated alkanes) is 7. The van der Waals surface area contributed by atoms with Crippen molar-refractivity contribution in [3.05, 3.63) is 47.5 Å². The quantitative estimate of drug-likeness (QED) is 0.315. The minimum Gasteiger partial charge on any atom is -0.0654 e. The van der Waals surface area contributed by atoms with E-state index in [4.69, 9.17) is 0 Å². The maximum absolute atomic E-state index is 2.49. The van der Waals surface area contributed by atoms with Crippen molar-refractivity contribution in [2.45, 2.75) is 116 Å². The first-order chi connectivity index (χ1) is 14.3. The second-order valence-corrected chi connectivity index (χ2v) is 9.67. The molecule has 160 valence electrons. The van der Waals surface area contributed by atoms with E-state index < -0.39 is 0 Å². The molecule has 0 amide bonds. The zero-order valence-corrected chi connectivity index (χ0v) is 19.2. The Labute approximate surface area is 180 Å². The van der Waals surface area contributed by atoms with Gasteiger partial charge in [0, 0.05) is 0 Å². The normalized spacial score (nSPS) is 19.7. The average molecular weight is 393 g/mol. The zero-order valence-electron chi connectivity index (χ0n) is 19.2. The second kappa shape index (κ2) is 12.4. The summed E-state index contributed by atoms with van der Waals surface area (Å²) in [5.74, 6) is 1.80. The Balaban J connectivity index is 1.49. The van der Waals surface area contributed by atoms with Crippen LogP contribution in [0.4, 0.5) is 0 Å². The molecule has 0 aliphatic heterocycles. The van der Waals surface area contributed by atoms with Gasteiger partial charge in [0.15, 0.2) is 0 Å². The predicted molar refractivity (Wildman–Crippen MR) is 130 cm³/mol. The maximum Gasteiger partial charge on any atom is -0.0162 e. The van der Waals surface area contributed by atoms with Gasteiger partial charge in [-0.2, -0.15) is 0 Å². The molecular formula is C29H44. The zero-order chi connectivity index (χ0) is 20.3. The molecule has 0 nitrogen and oxygen atoms in total. The molecule has 0 saturated heterocycles. The Kier molecular flexibility index (Phi) is 9.58. The predicted octanol–water partition coefficient (Wildman–Crippen LogP) is 9.60. The lowest BCUT2D eigenvalue weighted by Crippen LogP contribution is -2.13. The molecule has 3 rings (SSSR count). The van der Waals surface area contributed by atoms with E-state index in [1.807, 2.05) is 0 Å². The number of fused-ring (bicyclic) bond motifs is 1. The molecule has 1 aliphatic carbocycles. The fraction of sp³-hybridized carbons (Fsp3) is 0.655. The average Bonchev–Trinajstić information content (AvgIpc) is 2.76. The van der Waals surface area contributed by atoms with Crippen LogP contribution in [0.5, 0.6) is 0 Å². The van der Waals surface area contributed by atoms with Gasteiger partial charge in [0.1, 0.15) is 0 Å². The standard InChI is InChI=1S/C29H44/c1-3-5-7-8-9-11-13-25-16-19-29-23-28(21-20-27(29)22-25)26-17-14-24(15-18-26)12-10-6-4-2/h16,19-24,26H,3-15,17-18H2,1-2H3/t24-,26-. The Morgan fingerprint density at radius 2 is 1.31 bits per heavy atom. The molecule has 0 aromatic heterocycles. The van der Waals surface area contributed by atoms with Crippen LogP contribution in [0, 0.1) is 5.92 Å². The fourth-order valence-electron chi connectivity index (χ4n) is 5.30. The third kappa shape index (κ3) is 7.16. The summed E-state index contributed by atoms with van der Waals surface area (Å²) < 4.78 is 0.